The van der Waals surface area contributed by atoms with E-state index in [-0.39, 0.29) is 11.7 Å². The SMILES string of the molecule is CC(=O)c1ccc(NC(=O)CN2CCC[C@@H](c3nc4ccccc4s3)C2)cc1. The van der Waals surface area contributed by atoms with Gasteiger partial charge in [-0.05, 0) is 62.7 Å². The summed E-state index contributed by atoms with van der Waals surface area (Å²) in [6, 6.07) is 15.3. The van der Waals surface area contributed by atoms with E-state index in [9.17, 15) is 9.59 Å². The lowest BCUT2D eigenvalue weighted by Gasteiger charge is -2.31. The van der Waals surface area contributed by atoms with E-state index in [0.29, 0.717) is 18.0 Å². The number of piperidine rings is 1. The molecule has 5 nitrogen and oxygen atoms in total. The van der Waals surface area contributed by atoms with Crippen molar-refractivity contribution in [3.05, 3.63) is 59.1 Å². The number of nitrogens with one attached hydrogen (secondary N) is 1. The number of ketones is 1. The smallest absolute Gasteiger partial charge is 0.238 e. The molecule has 144 valence electrons. The molecule has 0 saturated carbocycles. The molecule has 2 aromatic carbocycles. The number of Topliss-reactive ketones (excluding diaryl/α,β-unsaturated/α-hetero) is 1. The van der Waals surface area contributed by atoms with Crippen molar-refractivity contribution < 1.29 is 9.59 Å². The lowest BCUT2D eigenvalue weighted by Crippen LogP contribution is -2.39. The largest absolute Gasteiger partial charge is 0.325 e. The van der Waals surface area contributed by atoms with E-state index in [1.165, 1.54) is 16.6 Å². The highest BCUT2D eigenvalue weighted by Crippen LogP contribution is 2.32. The number of benzene rings is 2. The molecule has 1 saturated heterocycles. The predicted octanol–water partition coefficient (Wildman–Crippen LogP) is 4.32. The first kappa shape index (κ1) is 18.8. The van der Waals surface area contributed by atoms with Gasteiger partial charge in [0, 0.05) is 23.7 Å². The zero-order valence-corrected chi connectivity index (χ0v) is 16.7. The fourth-order valence-electron chi connectivity index (χ4n) is 3.66. The Bertz CT molecular complexity index is 963. The first-order chi connectivity index (χ1) is 13.6. The molecule has 1 aliphatic rings. The minimum Gasteiger partial charge on any atom is -0.325 e. The van der Waals surface area contributed by atoms with Crippen LogP contribution in [0.15, 0.2) is 48.5 Å². The molecule has 1 fully saturated rings. The molecule has 1 aromatic heterocycles. The molecule has 0 aliphatic carbocycles. The maximum absolute atomic E-state index is 12.5. The Kier molecular flexibility index (Phi) is 5.50. The number of hydrogen-bond donors (Lipinski definition) is 1. The maximum atomic E-state index is 12.5. The summed E-state index contributed by atoms with van der Waals surface area (Å²) < 4.78 is 1.22. The Morgan fingerprint density at radius 1 is 1.18 bits per heavy atom. The Morgan fingerprint density at radius 3 is 2.71 bits per heavy atom. The van der Waals surface area contributed by atoms with E-state index in [0.717, 1.165) is 37.1 Å². The van der Waals surface area contributed by atoms with Gasteiger partial charge in [0.05, 0.1) is 21.8 Å². The number of thiazole rings is 1. The van der Waals surface area contributed by atoms with Gasteiger partial charge in [0.2, 0.25) is 5.91 Å². The minimum atomic E-state index is -0.0273. The molecular weight excluding hydrogens is 370 g/mol. The summed E-state index contributed by atoms with van der Waals surface area (Å²) in [5.74, 6) is 0.376. The number of nitrogens with zero attached hydrogens (tertiary/aromatic N) is 2. The summed E-state index contributed by atoms with van der Waals surface area (Å²) in [5, 5.41) is 4.10. The molecule has 2 heterocycles. The number of carbonyl (C=O) groups excluding carboxylic acids is 2. The molecule has 0 bridgehead atoms. The molecule has 0 unspecified atom stereocenters. The summed E-state index contributed by atoms with van der Waals surface area (Å²) in [4.78, 5) is 30.8. The van der Waals surface area contributed by atoms with Crippen molar-refractivity contribution in [1.29, 1.82) is 0 Å². The monoisotopic (exact) mass is 393 g/mol. The van der Waals surface area contributed by atoms with Gasteiger partial charge < -0.3 is 5.32 Å². The molecule has 3 aromatic rings. The van der Waals surface area contributed by atoms with Gasteiger partial charge in [0.15, 0.2) is 5.78 Å². The third-order valence-corrected chi connectivity index (χ3v) is 6.31. The first-order valence-corrected chi connectivity index (χ1v) is 10.4. The highest BCUT2D eigenvalue weighted by atomic mass is 32.1. The van der Waals surface area contributed by atoms with Crippen LogP contribution >= 0.6 is 11.3 Å². The molecule has 1 amide bonds. The molecule has 1 aliphatic heterocycles. The van der Waals surface area contributed by atoms with Crippen LogP contribution in [0.2, 0.25) is 0 Å². The van der Waals surface area contributed by atoms with Crippen LogP contribution in [-0.2, 0) is 4.79 Å². The fourth-order valence-corrected chi connectivity index (χ4v) is 4.75. The van der Waals surface area contributed by atoms with Crippen LogP contribution < -0.4 is 5.32 Å². The highest BCUT2D eigenvalue weighted by Gasteiger charge is 2.25. The normalized spacial score (nSPS) is 17.5. The third-order valence-electron chi connectivity index (χ3n) is 5.11. The van der Waals surface area contributed by atoms with Crippen LogP contribution in [0.5, 0.6) is 0 Å². The van der Waals surface area contributed by atoms with Crippen LogP contribution in [0.4, 0.5) is 5.69 Å². The Labute approximate surface area is 168 Å². The zero-order chi connectivity index (χ0) is 19.5. The average Bonchev–Trinajstić information content (AvgIpc) is 3.13. The Morgan fingerprint density at radius 2 is 1.96 bits per heavy atom. The Hall–Kier alpha value is -2.57. The number of hydrogen-bond acceptors (Lipinski definition) is 5. The zero-order valence-electron chi connectivity index (χ0n) is 15.9. The number of likely N-dealkylation sites (tertiary alicyclic amines) is 1. The summed E-state index contributed by atoms with van der Waals surface area (Å²) in [6.07, 6.45) is 2.19. The van der Waals surface area contributed by atoms with Crippen LogP contribution in [-0.4, -0.2) is 41.2 Å². The third kappa shape index (κ3) is 4.29. The predicted molar refractivity (Wildman–Crippen MR) is 113 cm³/mol. The second-order valence-corrected chi connectivity index (χ2v) is 8.34. The second-order valence-electron chi connectivity index (χ2n) is 7.28. The van der Waals surface area contributed by atoms with E-state index in [1.807, 2.05) is 12.1 Å². The van der Waals surface area contributed by atoms with Crippen LogP contribution in [0.1, 0.15) is 41.0 Å². The van der Waals surface area contributed by atoms with Gasteiger partial charge in [0.1, 0.15) is 0 Å². The first-order valence-electron chi connectivity index (χ1n) is 9.57. The lowest BCUT2D eigenvalue weighted by molar-refractivity contribution is -0.117. The number of carbonyl (C=O) groups is 2. The van der Waals surface area contributed by atoms with E-state index in [4.69, 9.17) is 4.98 Å². The van der Waals surface area contributed by atoms with Crippen molar-refractivity contribution in [3.8, 4) is 0 Å². The quantitative estimate of drug-likeness (QED) is 0.656. The summed E-state index contributed by atoms with van der Waals surface area (Å²) in [6.45, 7) is 3.69. The molecule has 1 atom stereocenters. The van der Waals surface area contributed by atoms with Crippen LogP contribution in [0, 0.1) is 0 Å². The number of rotatable bonds is 5. The highest BCUT2D eigenvalue weighted by molar-refractivity contribution is 7.18. The summed E-state index contributed by atoms with van der Waals surface area (Å²) >= 11 is 1.77. The van der Waals surface area contributed by atoms with Gasteiger partial charge in [-0.1, -0.05) is 12.1 Å². The van der Waals surface area contributed by atoms with Crippen LogP contribution in [0.3, 0.4) is 0 Å². The Balaban J connectivity index is 1.36. The van der Waals surface area contributed by atoms with Crippen molar-refractivity contribution in [2.45, 2.75) is 25.7 Å². The van der Waals surface area contributed by atoms with E-state index in [1.54, 1.807) is 35.6 Å². The van der Waals surface area contributed by atoms with Gasteiger partial charge in [-0.15, -0.1) is 11.3 Å². The maximum Gasteiger partial charge on any atom is 0.238 e. The molecule has 4 rings (SSSR count). The van der Waals surface area contributed by atoms with Crippen molar-refractivity contribution in [2.75, 3.05) is 25.0 Å². The number of fused-ring (bicyclic) bond motifs is 1. The fraction of sp³-hybridized carbons (Fsp3) is 0.318. The number of anilines is 1. The van der Waals surface area contributed by atoms with E-state index < -0.39 is 0 Å². The molecule has 0 radical (unpaired) electrons. The molecule has 0 spiro atoms. The minimum absolute atomic E-state index is 0.0204. The molecule has 1 N–H and O–H groups in total. The number of amides is 1. The van der Waals surface area contributed by atoms with Crippen molar-refractivity contribution in [2.24, 2.45) is 0 Å². The topological polar surface area (TPSA) is 62.3 Å². The number of aromatic nitrogens is 1. The van der Waals surface area contributed by atoms with Crippen molar-refractivity contribution >= 4 is 38.9 Å². The van der Waals surface area contributed by atoms with E-state index in [2.05, 4.69) is 22.3 Å². The van der Waals surface area contributed by atoms with Gasteiger partial charge >= 0.3 is 0 Å². The van der Waals surface area contributed by atoms with Gasteiger partial charge in [-0.2, -0.15) is 0 Å². The summed E-state index contributed by atoms with van der Waals surface area (Å²) in [5.41, 5.74) is 2.42. The summed E-state index contributed by atoms with van der Waals surface area (Å²) in [7, 11) is 0. The van der Waals surface area contributed by atoms with Gasteiger partial charge in [0.25, 0.3) is 0 Å². The average molecular weight is 394 g/mol. The standard InChI is InChI=1S/C22H23N3O2S/c1-15(26)16-8-10-18(11-9-16)23-21(27)14-25-12-4-5-17(13-25)22-24-19-6-2-3-7-20(19)28-22/h2-3,6-11,17H,4-5,12-14H2,1H3,(H,23,27)/t17-/m1/s1. The van der Waals surface area contributed by atoms with Crippen molar-refractivity contribution in [3.63, 3.8) is 0 Å². The molecule has 28 heavy (non-hydrogen) atoms. The lowest BCUT2D eigenvalue weighted by atomic mass is 9.99. The molecule has 6 heteroatoms. The van der Waals surface area contributed by atoms with E-state index >= 15 is 0 Å². The second kappa shape index (κ2) is 8.20. The molecular formula is C22H23N3O2S. The van der Waals surface area contributed by atoms with Gasteiger partial charge in [-0.25, -0.2) is 4.98 Å². The number of para-hydroxylation sites is 1. The van der Waals surface area contributed by atoms with Crippen molar-refractivity contribution in [1.82, 2.24) is 9.88 Å². The van der Waals surface area contributed by atoms with Gasteiger partial charge in [-0.3, -0.25) is 14.5 Å². The van der Waals surface area contributed by atoms with Crippen LogP contribution in [0.25, 0.3) is 10.2 Å².